The number of fused-ring (bicyclic) bond motifs is 1. The van der Waals surface area contributed by atoms with Gasteiger partial charge >= 0.3 is 0 Å². The van der Waals surface area contributed by atoms with Crippen molar-refractivity contribution in [2.24, 2.45) is 0 Å². The number of aromatic nitrogens is 4. The average Bonchev–Trinajstić information content (AvgIpc) is 3.63. The molecule has 1 aromatic carbocycles. The first-order valence-electron chi connectivity index (χ1n) is 11.1. The number of aliphatic hydroxyl groups excluding tert-OH is 1. The van der Waals surface area contributed by atoms with Crippen LogP contribution in [-0.2, 0) is 18.0 Å². The highest BCUT2D eigenvalue weighted by atomic mass is 16.5. The second-order valence-corrected chi connectivity index (χ2v) is 8.14. The lowest BCUT2D eigenvalue weighted by Gasteiger charge is -2.26. The summed E-state index contributed by atoms with van der Waals surface area (Å²) in [4.78, 5) is 16.1. The van der Waals surface area contributed by atoms with E-state index in [0.717, 1.165) is 42.1 Å². The third-order valence-corrected chi connectivity index (χ3v) is 6.19. The summed E-state index contributed by atoms with van der Waals surface area (Å²) >= 11 is 0. The van der Waals surface area contributed by atoms with Crippen LogP contribution in [0, 0.1) is 0 Å². The lowest BCUT2D eigenvalue weighted by atomic mass is 10.2. The van der Waals surface area contributed by atoms with Gasteiger partial charge in [0.2, 0.25) is 11.7 Å². The van der Waals surface area contributed by atoms with Crippen LogP contribution in [0.25, 0.3) is 5.69 Å². The lowest BCUT2D eigenvalue weighted by molar-refractivity contribution is 0.133. The molecule has 3 aromatic rings. The molecule has 1 unspecified atom stereocenters. The Morgan fingerprint density at radius 2 is 1.91 bits per heavy atom. The van der Waals surface area contributed by atoms with Gasteiger partial charge in [0.15, 0.2) is 17.3 Å². The van der Waals surface area contributed by atoms with Crippen LogP contribution in [0.1, 0.15) is 24.1 Å². The molecule has 1 saturated heterocycles. The number of hydrogen-bond donors (Lipinski definition) is 2. The Morgan fingerprint density at radius 3 is 2.62 bits per heavy atom. The molecule has 0 amide bonds. The Kier molecular flexibility index (Phi) is 6.12. The zero-order chi connectivity index (χ0) is 23.7. The van der Waals surface area contributed by atoms with E-state index in [2.05, 4.69) is 20.2 Å². The van der Waals surface area contributed by atoms with E-state index in [0.29, 0.717) is 42.2 Å². The fourth-order valence-electron chi connectivity index (χ4n) is 4.49. The number of aliphatic hydroxyl groups is 1. The monoisotopic (exact) mass is 468 g/mol. The van der Waals surface area contributed by atoms with Crippen LogP contribution in [0.15, 0.2) is 24.7 Å². The van der Waals surface area contributed by atoms with Crippen molar-refractivity contribution in [2.75, 3.05) is 44.7 Å². The predicted octanol–water partition coefficient (Wildman–Crippen LogP) is 2.42. The molecule has 0 bridgehead atoms. The van der Waals surface area contributed by atoms with E-state index in [4.69, 9.17) is 23.9 Å². The Labute approximate surface area is 197 Å². The van der Waals surface area contributed by atoms with Gasteiger partial charge in [0.25, 0.3) is 0 Å². The molecular formula is C23H28N6O5. The molecule has 1 atom stereocenters. The molecule has 2 N–H and O–H groups in total. The molecular weight excluding hydrogens is 440 g/mol. The van der Waals surface area contributed by atoms with Crippen LogP contribution in [0.4, 0.5) is 17.6 Å². The summed E-state index contributed by atoms with van der Waals surface area (Å²) in [5.41, 5.74) is 2.65. The molecule has 2 aromatic heterocycles. The summed E-state index contributed by atoms with van der Waals surface area (Å²) in [6, 6.07) is 3.75. The second kappa shape index (κ2) is 9.35. The van der Waals surface area contributed by atoms with Gasteiger partial charge in [-0.2, -0.15) is 4.98 Å². The molecule has 11 nitrogen and oxygen atoms in total. The molecule has 180 valence electrons. The van der Waals surface area contributed by atoms with E-state index in [9.17, 15) is 5.11 Å². The summed E-state index contributed by atoms with van der Waals surface area (Å²) < 4.78 is 23.8. The average molecular weight is 469 g/mol. The van der Waals surface area contributed by atoms with Crippen LogP contribution in [0.5, 0.6) is 17.2 Å². The third-order valence-electron chi connectivity index (χ3n) is 6.19. The van der Waals surface area contributed by atoms with Gasteiger partial charge in [0.05, 0.1) is 64.8 Å². The Morgan fingerprint density at radius 1 is 1.12 bits per heavy atom. The normalized spacial score (nSPS) is 17.1. The van der Waals surface area contributed by atoms with E-state index in [1.807, 2.05) is 22.9 Å². The number of anilines is 3. The zero-order valence-corrected chi connectivity index (χ0v) is 19.4. The zero-order valence-electron chi connectivity index (χ0n) is 19.4. The largest absolute Gasteiger partial charge is 0.493 e. The minimum Gasteiger partial charge on any atom is -0.493 e. The van der Waals surface area contributed by atoms with Crippen LogP contribution in [0.2, 0.25) is 0 Å². The van der Waals surface area contributed by atoms with Crippen molar-refractivity contribution in [1.82, 2.24) is 19.5 Å². The van der Waals surface area contributed by atoms with Gasteiger partial charge in [-0.3, -0.25) is 0 Å². The van der Waals surface area contributed by atoms with Gasteiger partial charge in [-0.15, -0.1) is 0 Å². The number of ether oxygens (including phenoxy) is 4. The number of nitrogens with one attached hydrogen (secondary N) is 1. The van der Waals surface area contributed by atoms with E-state index < -0.39 is 0 Å². The third kappa shape index (κ3) is 3.97. The van der Waals surface area contributed by atoms with Crippen molar-refractivity contribution in [1.29, 1.82) is 0 Å². The maximum Gasteiger partial charge on any atom is 0.230 e. The van der Waals surface area contributed by atoms with Gasteiger partial charge in [-0.25, -0.2) is 9.97 Å². The van der Waals surface area contributed by atoms with Crippen molar-refractivity contribution >= 4 is 17.6 Å². The van der Waals surface area contributed by atoms with Crippen molar-refractivity contribution in [3.05, 3.63) is 35.9 Å². The van der Waals surface area contributed by atoms with E-state index in [1.165, 1.54) is 0 Å². The number of imidazole rings is 1. The van der Waals surface area contributed by atoms with Crippen LogP contribution < -0.4 is 24.4 Å². The fraction of sp³-hybridized carbons (Fsp3) is 0.435. The summed E-state index contributed by atoms with van der Waals surface area (Å²) in [7, 11) is 4.73. The summed E-state index contributed by atoms with van der Waals surface area (Å²) in [5.74, 6) is 3.48. The van der Waals surface area contributed by atoms with Crippen LogP contribution >= 0.6 is 0 Å². The fourth-order valence-corrected chi connectivity index (χ4v) is 4.49. The highest BCUT2D eigenvalue weighted by Gasteiger charge is 2.30. The van der Waals surface area contributed by atoms with Gasteiger partial charge in [-0.05, 0) is 12.8 Å². The van der Waals surface area contributed by atoms with Crippen molar-refractivity contribution < 1.29 is 24.1 Å². The molecule has 1 fully saturated rings. The number of nitrogens with zero attached hydrogens (tertiary/aromatic N) is 5. The van der Waals surface area contributed by atoms with E-state index in [1.54, 1.807) is 27.7 Å². The standard InChI is InChI=1S/C23H28N6O5/c1-31-18-7-15(8-19(32-2)21(18)33-3)28-9-20(24-13-28)26-23-25-17-12-34-11-16(17)22(27-23)29-6-4-5-14(29)10-30/h7-9,13-14,30H,4-6,10-12H2,1-3H3,(H,25,26,27). The van der Waals surface area contributed by atoms with Crippen LogP contribution in [-0.4, -0.2) is 65.1 Å². The van der Waals surface area contributed by atoms with Gasteiger partial charge in [0, 0.05) is 24.2 Å². The predicted molar refractivity (Wildman–Crippen MR) is 124 cm³/mol. The van der Waals surface area contributed by atoms with Crippen molar-refractivity contribution in [2.45, 2.75) is 32.1 Å². The molecule has 2 aliphatic heterocycles. The topological polar surface area (TPSA) is 116 Å². The van der Waals surface area contributed by atoms with Gasteiger partial charge in [0.1, 0.15) is 12.1 Å². The first kappa shape index (κ1) is 22.2. The number of methoxy groups -OCH3 is 3. The molecule has 2 aliphatic rings. The maximum atomic E-state index is 9.80. The Balaban J connectivity index is 1.44. The van der Waals surface area contributed by atoms with Gasteiger partial charge < -0.3 is 38.8 Å². The SMILES string of the molecule is COc1cc(-n2cnc(Nc3nc4c(c(N5CCCC5CO)n3)COC4)c2)cc(OC)c1OC. The highest BCUT2D eigenvalue weighted by molar-refractivity contribution is 5.60. The summed E-state index contributed by atoms with van der Waals surface area (Å²) in [5, 5.41) is 13.0. The Bertz CT molecular complexity index is 1160. The minimum atomic E-state index is 0.0618. The van der Waals surface area contributed by atoms with Crippen molar-refractivity contribution in [3.8, 4) is 22.9 Å². The molecule has 5 rings (SSSR count). The first-order valence-corrected chi connectivity index (χ1v) is 11.1. The number of rotatable bonds is 8. The molecule has 0 spiro atoms. The highest BCUT2D eigenvalue weighted by Crippen LogP contribution is 2.39. The molecule has 11 heteroatoms. The second-order valence-electron chi connectivity index (χ2n) is 8.14. The quantitative estimate of drug-likeness (QED) is 0.511. The lowest BCUT2D eigenvalue weighted by Crippen LogP contribution is -2.33. The smallest absolute Gasteiger partial charge is 0.230 e. The first-order chi connectivity index (χ1) is 16.6. The molecule has 34 heavy (non-hydrogen) atoms. The number of hydrogen-bond acceptors (Lipinski definition) is 10. The maximum absolute atomic E-state index is 9.80. The van der Waals surface area contributed by atoms with Gasteiger partial charge in [-0.1, -0.05) is 0 Å². The van der Waals surface area contributed by atoms with E-state index in [-0.39, 0.29) is 12.6 Å². The number of benzene rings is 1. The van der Waals surface area contributed by atoms with E-state index >= 15 is 0 Å². The molecule has 0 aliphatic carbocycles. The summed E-state index contributed by atoms with van der Waals surface area (Å²) in [6.07, 6.45) is 5.48. The minimum absolute atomic E-state index is 0.0618. The van der Waals surface area contributed by atoms with Crippen LogP contribution in [0.3, 0.4) is 0 Å². The molecule has 0 radical (unpaired) electrons. The van der Waals surface area contributed by atoms with Crippen molar-refractivity contribution in [3.63, 3.8) is 0 Å². The Hall–Kier alpha value is -3.57. The molecule has 0 saturated carbocycles. The molecule has 4 heterocycles. The summed E-state index contributed by atoms with van der Waals surface area (Å²) in [6.45, 7) is 1.87.